The van der Waals surface area contributed by atoms with Gasteiger partial charge in [0.05, 0.1) is 12.7 Å². The Balaban J connectivity index is 1.67. The highest BCUT2D eigenvalue weighted by atomic mass is 35.5. The third-order valence-corrected chi connectivity index (χ3v) is 6.30. The number of aliphatic hydroxyl groups excluding tert-OH is 3. The maximum Gasteiger partial charge on any atom is 0.225 e. The molecule has 2 aromatic carbocycles. The topological polar surface area (TPSA) is 79.2 Å². The van der Waals surface area contributed by atoms with Crippen molar-refractivity contribution in [2.45, 2.75) is 69.9 Å². The first-order chi connectivity index (χ1) is 13.9. The van der Waals surface area contributed by atoms with Gasteiger partial charge in [-0.3, -0.25) is 0 Å². The van der Waals surface area contributed by atoms with Crippen LogP contribution in [0, 0.1) is 0 Å². The molecule has 156 valence electrons. The maximum absolute atomic E-state index is 10.7. The van der Waals surface area contributed by atoms with Crippen molar-refractivity contribution in [3.63, 3.8) is 0 Å². The number of halogens is 1. The maximum atomic E-state index is 10.7. The molecular formula is C23H27ClO5. The lowest BCUT2D eigenvalue weighted by Gasteiger charge is -2.45. The van der Waals surface area contributed by atoms with Crippen LogP contribution in [0.3, 0.4) is 0 Å². The second-order valence-electron chi connectivity index (χ2n) is 8.05. The van der Waals surface area contributed by atoms with E-state index < -0.39 is 30.2 Å². The van der Waals surface area contributed by atoms with Crippen LogP contribution in [0.2, 0.25) is 5.02 Å². The van der Waals surface area contributed by atoms with Gasteiger partial charge in [0.1, 0.15) is 18.3 Å². The molecule has 0 unspecified atom stereocenters. The minimum atomic E-state index is -1.50. The summed E-state index contributed by atoms with van der Waals surface area (Å²) in [6.45, 7) is 4.03. The fraction of sp³-hybridized carbons (Fsp3) is 0.478. The molecule has 0 aromatic heterocycles. The highest BCUT2D eigenvalue weighted by molar-refractivity contribution is 6.31. The first kappa shape index (κ1) is 20.8. The number of rotatable bonds is 4. The molecule has 5 atom stereocenters. The Morgan fingerprint density at radius 1 is 1.07 bits per heavy atom. The standard InChI is InChI=1S/C23H27ClO5/c1-3-4-14-5-7-15(8-6-14)9-16-10-18-17(11-19(16)24)12-28-23(18)22(27)21(26)20(25)13(2)29-23/h5-8,10-11,13,20-22,25-27H,3-4,9,12H2,1-2H3/t13-,20-,21+,22-,23+/m1/s1. The van der Waals surface area contributed by atoms with Crippen LogP contribution in [0.15, 0.2) is 36.4 Å². The van der Waals surface area contributed by atoms with Crippen molar-refractivity contribution in [1.29, 1.82) is 0 Å². The van der Waals surface area contributed by atoms with Gasteiger partial charge in [0.15, 0.2) is 0 Å². The quantitative estimate of drug-likeness (QED) is 0.711. The van der Waals surface area contributed by atoms with Crippen LogP contribution in [-0.2, 0) is 34.7 Å². The van der Waals surface area contributed by atoms with Gasteiger partial charge in [-0.25, -0.2) is 0 Å². The van der Waals surface area contributed by atoms with E-state index in [9.17, 15) is 15.3 Å². The molecule has 0 radical (unpaired) electrons. The fourth-order valence-electron chi connectivity index (χ4n) is 4.28. The summed E-state index contributed by atoms with van der Waals surface area (Å²) in [5.74, 6) is -1.50. The van der Waals surface area contributed by atoms with E-state index in [0.717, 1.165) is 29.5 Å². The summed E-state index contributed by atoms with van der Waals surface area (Å²) in [6.07, 6.45) is -1.85. The van der Waals surface area contributed by atoms with Gasteiger partial charge >= 0.3 is 0 Å². The van der Waals surface area contributed by atoms with Crippen LogP contribution in [0.4, 0.5) is 0 Å². The Morgan fingerprint density at radius 2 is 1.76 bits per heavy atom. The van der Waals surface area contributed by atoms with Gasteiger partial charge in [0, 0.05) is 10.6 Å². The normalized spacial score (nSPS) is 31.2. The summed E-state index contributed by atoms with van der Waals surface area (Å²) in [7, 11) is 0. The number of fused-ring (bicyclic) bond motifs is 2. The summed E-state index contributed by atoms with van der Waals surface area (Å²) < 4.78 is 11.8. The molecule has 4 rings (SSSR count). The summed E-state index contributed by atoms with van der Waals surface area (Å²) >= 11 is 6.53. The predicted molar refractivity (Wildman–Crippen MR) is 110 cm³/mol. The van der Waals surface area contributed by atoms with Crippen molar-refractivity contribution in [3.8, 4) is 0 Å². The van der Waals surface area contributed by atoms with Crippen molar-refractivity contribution in [3.05, 3.63) is 69.2 Å². The van der Waals surface area contributed by atoms with Crippen LogP contribution in [0.5, 0.6) is 0 Å². The lowest BCUT2D eigenvalue weighted by Crippen LogP contribution is -2.62. The Hall–Kier alpha value is -1.47. The third kappa shape index (κ3) is 3.61. The predicted octanol–water partition coefficient (Wildman–Crippen LogP) is 3.07. The number of aryl methyl sites for hydroxylation is 1. The molecule has 3 N–H and O–H groups in total. The minimum absolute atomic E-state index is 0.216. The van der Waals surface area contributed by atoms with E-state index in [1.54, 1.807) is 6.92 Å². The van der Waals surface area contributed by atoms with Crippen LogP contribution in [-0.4, -0.2) is 39.7 Å². The Labute approximate surface area is 175 Å². The Morgan fingerprint density at radius 3 is 2.45 bits per heavy atom. The van der Waals surface area contributed by atoms with E-state index in [2.05, 4.69) is 31.2 Å². The SMILES string of the molecule is CCCc1ccc(Cc2cc3c(cc2Cl)CO[C@]32O[C@H](C)[C@@H](O)[C@H](O)[C@H]2O)cc1. The van der Waals surface area contributed by atoms with E-state index in [0.29, 0.717) is 17.0 Å². The average molecular weight is 419 g/mol. The largest absolute Gasteiger partial charge is 0.388 e. The summed E-state index contributed by atoms with van der Waals surface area (Å²) in [6, 6.07) is 12.2. The van der Waals surface area contributed by atoms with Gasteiger partial charge in [0.25, 0.3) is 0 Å². The first-order valence-corrected chi connectivity index (χ1v) is 10.5. The van der Waals surface area contributed by atoms with Gasteiger partial charge in [0.2, 0.25) is 5.79 Å². The fourth-order valence-corrected chi connectivity index (χ4v) is 4.53. The molecule has 29 heavy (non-hydrogen) atoms. The van der Waals surface area contributed by atoms with E-state index >= 15 is 0 Å². The summed E-state index contributed by atoms with van der Waals surface area (Å²) in [5.41, 5.74) is 4.80. The van der Waals surface area contributed by atoms with Crippen molar-refractivity contribution in [2.24, 2.45) is 0 Å². The second-order valence-corrected chi connectivity index (χ2v) is 8.46. The molecule has 0 amide bonds. The van der Waals surface area contributed by atoms with Gasteiger partial charge in [-0.05, 0) is 54.2 Å². The number of aliphatic hydroxyl groups is 3. The smallest absolute Gasteiger partial charge is 0.225 e. The zero-order valence-electron chi connectivity index (χ0n) is 16.6. The molecule has 0 aliphatic carbocycles. The van der Waals surface area contributed by atoms with Crippen molar-refractivity contribution in [2.75, 3.05) is 0 Å². The molecular weight excluding hydrogens is 392 g/mol. The summed E-state index contributed by atoms with van der Waals surface area (Å²) in [4.78, 5) is 0. The van der Waals surface area contributed by atoms with Crippen LogP contribution in [0.1, 0.15) is 48.1 Å². The van der Waals surface area contributed by atoms with Crippen molar-refractivity contribution < 1.29 is 24.8 Å². The Kier molecular flexibility index (Phi) is 5.73. The lowest BCUT2D eigenvalue weighted by molar-refractivity contribution is -0.362. The van der Waals surface area contributed by atoms with Crippen LogP contribution in [0.25, 0.3) is 0 Å². The molecule has 2 aliphatic rings. The molecule has 6 heteroatoms. The first-order valence-electron chi connectivity index (χ1n) is 10.1. The molecule has 0 bridgehead atoms. The van der Waals surface area contributed by atoms with Crippen LogP contribution >= 0.6 is 11.6 Å². The van der Waals surface area contributed by atoms with Crippen molar-refractivity contribution >= 4 is 11.6 Å². The molecule has 2 aliphatic heterocycles. The van der Waals surface area contributed by atoms with Gasteiger partial charge in [-0.1, -0.05) is 49.2 Å². The van der Waals surface area contributed by atoms with E-state index in [-0.39, 0.29) is 6.61 Å². The van der Waals surface area contributed by atoms with E-state index in [1.165, 1.54) is 5.56 Å². The number of ether oxygens (including phenoxy) is 2. The van der Waals surface area contributed by atoms with E-state index in [4.69, 9.17) is 21.1 Å². The van der Waals surface area contributed by atoms with Gasteiger partial charge in [-0.2, -0.15) is 0 Å². The zero-order chi connectivity index (χ0) is 20.8. The number of hydrogen-bond acceptors (Lipinski definition) is 5. The summed E-state index contributed by atoms with van der Waals surface area (Å²) in [5, 5.41) is 31.7. The second kappa shape index (κ2) is 7.99. The highest BCUT2D eigenvalue weighted by Crippen LogP contribution is 2.47. The molecule has 2 heterocycles. The van der Waals surface area contributed by atoms with E-state index in [1.807, 2.05) is 12.1 Å². The van der Waals surface area contributed by atoms with Crippen molar-refractivity contribution in [1.82, 2.24) is 0 Å². The molecule has 0 saturated carbocycles. The van der Waals surface area contributed by atoms with Gasteiger partial charge in [-0.15, -0.1) is 0 Å². The molecule has 2 aromatic rings. The minimum Gasteiger partial charge on any atom is -0.388 e. The highest BCUT2D eigenvalue weighted by Gasteiger charge is 2.57. The molecule has 1 fully saturated rings. The van der Waals surface area contributed by atoms with Gasteiger partial charge < -0.3 is 24.8 Å². The average Bonchev–Trinajstić information content (AvgIpc) is 3.05. The number of hydrogen-bond donors (Lipinski definition) is 3. The lowest BCUT2D eigenvalue weighted by atomic mass is 9.86. The monoisotopic (exact) mass is 418 g/mol. The number of benzene rings is 2. The van der Waals surface area contributed by atoms with Crippen LogP contribution < -0.4 is 0 Å². The molecule has 1 saturated heterocycles. The zero-order valence-corrected chi connectivity index (χ0v) is 17.4. The Bertz CT molecular complexity index is 884. The molecule has 1 spiro atoms. The molecule has 5 nitrogen and oxygen atoms in total. The third-order valence-electron chi connectivity index (χ3n) is 5.95.